The molecule has 0 spiro atoms. The summed E-state index contributed by atoms with van der Waals surface area (Å²) in [6.07, 6.45) is 7.40. The first-order chi connectivity index (χ1) is 11.7. The predicted molar refractivity (Wildman–Crippen MR) is 97.4 cm³/mol. The van der Waals surface area contributed by atoms with Crippen molar-refractivity contribution in [2.75, 3.05) is 13.2 Å². The number of amides is 1. The Morgan fingerprint density at radius 2 is 1.92 bits per heavy atom. The second-order valence-corrected chi connectivity index (χ2v) is 7.04. The van der Waals surface area contributed by atoms with E-state index < -0.39 is 0 Å². The van der Waals surface area contributed by atoms with E-state index in [1.807, 2.05) is 12.1 Å². The first-order valence-electron chi connectivity index (χ1n) is 9.30. The molecule has 0 bridgehead atoms. The van der Waals surface area contributed by atoms with E-state index in [2.05, 4.69) is 24.4 Å². The fourth-order valence-electron chi connectivity index (χ4n) is 3.55. The minimum Gasteiger partial charge on any atom is -0.377 e. The lowest BCUT2D eigenvalue weighted by Gasteiger charge is -2.35. The second-order valence-electron chi connectivity index (χ2n) is 7.04. The van der Waals surface area contributed by atoms with E-state index in [1.165, 1.54) is 19.3 Å². The fraction of sp³-hybridized carbons (Fsp3) is 0.650. The average Bonchev–Trinajstić information content (AvgIpc) is 2.62. The van der Waals surface area contributed by atoms with Crippen LogP contribution in [0.3, 0.4) is 0 Å². The van der Waals surface area contributed by atoms with Gasteiger partial charge in [0, 0.05) is 19.6 Å². The van der Waals surface area contributed by atoms with Gasteiger partial charge in [0.25, 0.3) is 0 Å². The minimum absolute atomic E-state index is 0.0199. The molecule has 3 N–H and O–H groups in total. The molecule has 1 fully saturated rings. The number of ether oxygens (including phenoxy) is 1. The SMILES string of the molecule is CCCOCc1ccccc1CNC(=O)CC1(CN)CCCCC1. The van der Waals surface area contributed by atoms with Crippen molar-refractivity contribution in [2.45, 2.75) is 65.0 Å². The summed E-state index contributed by atoms with van der Waals surface area (Å²) < 4.78 is 5.64. The van der Waals surface area contributed by atoms with Crippen molar-refractivity contribution in [3.8, 4) is 0 Å². The lowest BCUT2D eigenvalue weighted by Crippen LogP contribution is -2.38. The van der Waals surface area contributed by atoms with Crippen LogP contribution in [-0.2, 0) is 22.7 Å². The van der Waals surface area contributed by atoms with E-state index in [0.717, 1.165) is 37.0 Å². The van der Waals surface area contributed by atoms with Gasteiger partial charge >= 0.3 is 0 Å². The lowest BCUT2D eigenvalue weighted by atomic mass is 9.71. The molecule has 0 aliphatic heterocycles. The Labute approximate surface area is 146 Å². The summed E-state index contributed by atoms with van der Waals surface area (Å²) in [7, 11) is 0. The van der Waals surface area contributed by atoms with E-state index in [9.17, 15) is 4.79 Å². The molecule has 1 aliphatic carbocycles. The van der Waals surface area contributed by atoms with Crippen molar-refractivity contribution in [3.05, 3.63) is 35.4 Å². The summed E-state index contributed by atoms with van der Waals surface area (Å²) in [5, 5.41) is 3.09. The van der Waals surface area contributed by atoms with Gasteiger partial charge in [0.15, 0.2) is 0 Å². The normalized spacial score (nSPS) is 16.8. The van der Waals surface area contributed by atoms with Crippen molar-refractivity contribution in [1.82, 2.24) is 5.32 Å². The van der Waals surface area contributed by atoms with Crippen LogP contribution in [-0.4, -0.2) is 19.1 Å². The zero-order valence-corrected chi connectivity index (χ0v) is 15.0. The molecule has 24 heavy (non-hydrogen) atoms. The van der Waals surface area contributed by atoms with E-state index in [1.54, 1.807) is 0 Å². The van der Waals surface area contributed by atoms with Crippen LogP contribution in [0.4, 0.5) is 0 Å². The van der Waals surface area contributed by atoms with Crippen LogP contribution < -0.4 is 11.1 Å². The highest BCUT2D eigenvalue weighted by Gasteiger charge is 2.32. The van der Waals surface area contributed by atoms with Crippen LogP contribution in [0, 0.1) is 5.41 Å². The number of benzene rings is 1. The maximum atomic E-state index is 12.4. The Balaban J connectivity index is 1.87. The molecular formula is C20H32N2O2. The van der Waals surface area contributed by atoms with Gasteiger partial charge in [-0.1, -0.05) is 50.5 Å². The molecule has 1 saturated carbocycles. The van der Waals surface area contributed by atoms with Crippen molar-refractivity contribution in [2.24, 2.45) is 11.1 Å². The topological polar surface area (TPSA) is 64.3 Å². The molecular weight excluding hydrogens is 300 g/mol. The molecule has 1 aromatic carbocycles. The molecule has 0 atom stereocenters. The average molecular weight is 332 g/mol. The molecule has 0 saturated heterocycles. The first kappa shape index (κ1) is 18.9. The molecule has 1 aliphatic rings. The van der Waals surface area contributed by atoms with Crippen LogP contribution in [0.15, 0.2) is 24.3 Å². The van der Waals surface area contributed by atoms with E-state index in [4.69, 9.17) is 10.5 Å². The van der Waals surface area contributed by atoms with Gasteiger partial charge in [0.05, 0.1) is 6.61 Å². The largest absolute Gasteiger partial charge is 0.377 e. The Kier molecular flexibility index (Phi) is 7.73. The van der Waals surface area contributed by atoms with Gasteiger partial charge in [0.2, 0.25) is 5.91 Å². The molecule has 134 valence electrons. The number of carbonyl (C=O) groups excluding carboxylic acids is 1. The molecule has 1 amide bonds. The van der Waals surface area contributed by atoms with Crippen LogP contribution in [0.5, 0.6) is 0 Å². The smallest absolute Gasteiger partial charge is 0.220 e. The number of carbonyl (C=O) groups is 1. The molecule has 0 radical (unpaired) electrons. The third-order valence-corrected chi connectivity index (χ3v) is 5.08. The number of rotatable bonds is 9. The van der Waals surface area contributed by atoms with E-state index in [0.29, 0.717) is 26.1 Å². The van der Waals surface area contributed by atoms with Crippen LogP contribution in [0.1, 0.15) is 63.0 Å². The summed E-state index contributed by atoms with van der Waals surface area (Å²) >= 11 is 0. The first-order valence-corrected chi connectivity index (χ1v) is 9.30. The number of nitrogens with one attached hydrogen (secondary N) is 1. The molecule has 4 heteroatoms. The van der Waals surface area contributed by atoms with E-state index in [-0.39, 0.29) is 11.3 Å². The number of hydrogen-bond donors (Lipinski definition) is 2. The zero-order valence-electron chi connectivity index (χ0n) is 15.0. The molecule has 2 rings (SSSR count). The third-order valence-electron chi connectivity index (χ3n) is 5.08. The van der Waals surface area contributed by atoms with Crippen LogP contribution >= 0.6 is 0 Å². The maximum Gasteiger partial charge on any atom is 0.220 e. The minimum atomic E-state index is 0.0199. The Bertz CT molecular complexity index is 510. The summed E-state index contributed by atoms with van der Waals surface area (Å²) in [5.74, 6) is 0.117. The second kappa shape index (κ2) is 9.80. The quantitative estimate of drug-likeness (QED) is 0.680. The third kappa shape index (κ3) is 5.60. The Hall–Kier alpha value is -1.39. The summed E-state index contributed by atoms with van der Waals surface area (Å²) in [4.78, 5) is 12.4. The number of nitrogens with two attached hydrogens (primary N) is 1. The summed E-state index contributed by atoms with van der Waals surface area (Å²) in [5.41, 5.74) is 8.29. The van der Waals surface area contributed by atoms with Gasteiger partial charge in [0.1, 0.15) is 0 Å². The fourth-order valence-corrected chi connectivity index (χ4v) is 3.55. The van der Waals surface area contributed by atoms with Gasteiger partial charge in [-0.25, -0.2) is 0 Å². The molecule has 1 aromatic rings. The van der Waals surface area contributed by atoms with Gasteiger partial charge in [-0.2, -0.15) is 0 Å². The van der Waals surface area contributed by atoms with Crippen LogP contribution in [0.2, 0.25) is 0 Å². The molecule has 4 nitrogen and oxygen atoms in total. The highest BCUT2D eigenvalue weighted by Crippen LogP contribution is 2.38. The monoisotopic (exact) mass is 332 g/mol. The lowest BCUT2D eigenvalue weighted by molar-refractivity contribution is -0.124. The summed E-state index contributed by atoms with van der Waals surface area (Å²) in [6.45, 7) is 4.64. The zero-order chi connectivity index (χ0) is 17.3. The predicted octanol–water partition coefficient (Wildman–Crippen LogP) is 3.53. The van der Waals surface area contributed by atoms with Gasteiger partial charge in [-0.3, -0.25) is 4.79 Å². The highest BCUT2D eigenvalue weighted by atomic mass is 16.5. The van der Waals surface area contributed by atoms with Crippen molar-refractivity contribution < 1.29 is 9.53 Å². The van der Waals surface area contributed by atoms with Crippen molar-refractivity contribution in [1.29, 1.82) is 0 Å². The van der Waals surface area contributed by atoms with Crippen molar-refractivity contribution in [3.63, 3.8) is 0 Å². The Morgan fingerprint density at radius 1 is 1.21 bits per heavy atom. The summed E-state index contributed by atoms with van der Waals surface area (Å²) in [6, 6.07) is 8.15. The van der Waals surface area contributed by atoms with Crippen molar-refractivity contribution >= 4 is 5.91 Å². The molecule has 0 unspecified atom stereocenters. The highest BCUT2D eigenvalue weighted by molar-refractivity contribution is 5.76. The molecule has 0 aromatic heterocycles. The van der Waals surface area contributed by atoms with Gasteiger partial charge in [-0.05, 0) is 42.3 Å². The Morgan fingerprint density at radius 3 is 2.58 bits per heavy atom. The van der Waals surface area contributed by atoms with E-state index >= 15 is 0 Å². The van der Waals surface area contributed by atoms with Gasteiger partial charge < -0.3 is 15.8 Å². The molecule has 0 heterocycles. The number of hydrogen-bond acceptors (Lipinski definition) is 3. The maximum absolute atomic E-state index is 12.4. The van der Waals surface area contributed by atoms with Gasteiger partial charge in [-0.15, -0.1) is 0 Å². The van der Waals surface area contributed by atoms with Crippen LogP contribution in [0.25, 0.3) is 0 Å². The standard InChI is InChI=1S/C20H32N2O2/c1-2-12-24-15-18-9-5-4-8-17(18)14-22-19(23)13-20(16-21)10-6-3-7-11-20/h4-5,8-9H,2-3,6-7,10-16,21H2,1H3,(H,22,23).